The SMILES string of the molecule is BC(B)(B)c1cnc(C(B)(B)NC(B)(B)C2(F)C(B)(B)CN(C(=O)c3ccc(F)c(Cl)c3)CC2(B)B)nc1. The molecule has 2 heterocycles. The molecule has 1 aromatic heterocycles. The van der Waals surface area contributed by atoms with Gasteiger partial charge in [0.1, 0.15) is 80.1 Å². The summed E-state index contributed by atoms with van der Waals surface area (Å²) in [5.74, 6) is -0.301. The molecule has 3 rings (SSSR count). The van der Waals surface area contributed by atoms with Crippen LogP contribution in [0.25, 0.3) is 0 Å². The van der Waals surface area contributed by atoms with E-state index in [4.69, 9.17) is 11.6 Å². The standard InChI is InChI=1S/C19H32B11ClF2N4O/c20-14(21)6-37(12(38)8-1-2-11(32)10(31)3-8)7-15(22,23)18(14,33)19(29,30)36-17(27,28)13-34-4-9(5-35-13)16(24,25)26/h1-5,36H,6-7,20-30H2. The van der Waals surface area contributed by atoms with Gasteiger partial charge in [0.2, 0.25) is 0 Å². The highest BCUT2D eigenvalue weighted by molar-refractivity contribution is 6.59. The van der Waals surface area contributed by atoms with Crippen LogP contribution in [0.3, 0.4) is 0 Å². The van der Waals surface area contributed by atoms with E-state index in [1.165, 1.54) is 18.2 Å². The minimum atomic E-state index is -1.76. The fourth-order valence-electron chi connectivity index (χ4n) is 6.75. The first-order valence-corrected chi connectivity index (χ1v) is 13.5. The molecule has 1 amide bonds. The van der Waals surface area contributed by atoms with Crippen molar-refractivity contribution in [3.63, 3.8) is 0 Å². The molecule has 0 radical (unpaired) electrons. The zero-order chi connectivity index (χ0) is 29.1. The van der Waals surface area contributed by atoms with E-state index in [1.54, 1.807) is 4.90 Å². The van der Waals surface area contributed by atoms with Gasteiger partial charge in [0, 0.05) is 36.4 Å². The van der Waals surface area contributed by atoms with Crippen molar-refractivity contribution in [2.24, 2.45) is 0 Å². The van der Waals surface area contributed by atoms with Crippen molar-refractivity contribution in [3.05, 3.63) is 58.4 Å². The van der Waals surface area contributed by atoms with Crippen LogP contribution < -0.4 is 5.32 Å². The molecule has 1 aliphatic heterocycles. The number of piperidine rings is 1. The summed E-state index contributed by atoms with van der Waals surface area (Å²) in [5, 5.41) is -0.296. The lowest BCUT2D eigenvalue weighted by molar-refractivity contribution is 0.00522. The number of carbonyl (C=O) groups is 1. The van der Waals surface area contributed by atoms with E-state index >= 15 is 4.39 Å². The van der Waals surface area contributed by atoms with Crippen LogP contribution in [0.5, 0.6) is 0 Å². The lowest BCUT2D eigenvalue weighted by atomic mass is 9.24. The summed E-state index contributed by atoms with van der Waals surface area (Å²) in [6.45, 7) is 0.367. The lowest BCUT2D eigenvalue weighted by Gasteiger charge is -2.65. The average molecular weight is 525 g/mol. The number of benzene rings is 1. The zero-order valence-electron chi connectivity index (χ0n) is 24.7. The third kappa shape index (κ3) is 5.46. The first-order chi connectivity index (χ1) is 17.1. The van der Waals surface area contributed by atoms with Crippen molar-refractivity contribution in [1.29, 1.82) is 0 Å². The van der Waals surface area contributed by atoms with Crippen molar-refractivity contribution in [1.82, 2.24) is 20.2 Å². The van der Waals surface area contributed by atoms with Crippen molar-refractivity contribution in [3.8, 4) is 0 Å². The van der Waals surface area contributed by atoms with Crippen LogP contribution >= 0.6 is 11.6 Å². The number of hydrogen-bond donors (Lipinski definition) is 1. The number of aromatic nitrogens is 2. The van der Waals surface area contributed by atoms with Gasteiger partial charge in [-0.3, -0.25) is 4.79 Å². The Balaban J connectivity index is 1.93. The summed E-state index contributed by atoms with van der Waals surface area (Å²) in [6, 6.07) is 3.93. The molecule has 1 fully saturated rings. The second-order valence-corrected chi connectivity index (χ2v) is 14.5. The van der Waals surface area contributed by atoms with E-state index in [-0.39, 0.29) is 34.7 Å². The third-order valence-electron chi connectivity index (χ3n) is 8.05. The van der Waals surface area contributed by atoms with Crippen LogP contribution in [0, 0.1) is 5.82 Å². The van der Waals surface area contributed by atoms with E-state index in [1.807, 2.05) is 75.2 Å². The molecule has 38 heavy (non-hydrogen) atoms. The van der Waals surface area contributed by atoms with Crippen LogP contribution in [-0.4, -0.2) is 131 Å². The number of amides is 1. The van der Waals surface area contributed by atoms with Crippen LogP contribution in [0.4, 0.5) is 8.78 Å². The second kappa shape index (κ2) is 9.90. The maximum atomic E-state index is 17.8. The van der Waals surface area contributed by atoms with Crippen LogP contribution in [0.15, 0.2) is 30.6 Å². The summed E-state index contributed by atoms with van der Waals surface area (Å²) in [7, 11) is 21.4. The highest BCUT2D eigenvalue weighted by Gasteiger charge is 2.66. The van der Waals surface area contributed by atoms with Gasteiger partial charge in [-0.2, -0.15) is 0 Å². The van der Waals surface area contributed by atoms with Crippen molar-refractivity contribution < 1.29 is 13.6 Å². The largest absolute Gasteiger partial charge is 0.340 e. The van der Waals surface area contributed by atoms with Gasteiger partial charge in [-0.25, -0.2) is 18.7 Å². The number of alkyl halides is 1. The minimum Gasteiger partial charge on any atom is -0.340 e. The molecule has 0 saturated carbocycles. The minimum absolute atomic E-state index is 0.0724. The molecule has 1 aromatic carbocycles. The number of hydrogen-bond acceptors (Lipinski definition) is 4. The van der Waals surface area contributed by atoms with Gasteiger partial charge >= 0.3 is 0 Å². The van der Waals surface area contributed by atoms with E-state index in [0.29, 0.717) is 5.82 Å². The Morgan fingerprint density at radius 1 is 0.974 bits per heavy atom. The molecule has 1 aliphatic rings. The molecule has 0 unspecified atom stereocenters. The summed E-state index contributed by atoms with van der Waals surface area (Å²) < 4.78 is 31.5. The van der Waals surface area contributed by atoms with Gasteiger partial charge in [-0.05, 0) is 39.5 Å². The Morgan fingerprint density at radius 2 is 1.47 bits per heavy atom. The number of nitrogens with one attached hydrogen (secondary N) is 1. The summed E-state index contributed by atoms with van der Waals surface area (Å²) in [4.78, 5) is 24.3. The van der Waals surface area contributed by atoms with Gasteiger partial charge in [-0.15, -0.1) is 0 Å². The van der Waals surface area contributed by atoms with Gasteiger partial charge in [0.25, 0.3) is 5.91 Å². The number of carbonyl (C=O) groups excluding carboxylic acids is 1. The van der Waals surface area contributed by atoms with Crippen molar-refractivity contribution in [2.45, 2.75) is 31.9 Å². The Morgan fingerprint density at radius 3 is 1.92 bits per heavy atom. The molecule has 5 nitrogen and oxygen atoms in total. The van der Waals surface area contributed by atoms with E-state index in [0.717, 1.165) is 5.56 Å². The topological polar surface area (TPSA) is 58.1 Å². The number of rotatable bonds is 6. The number of halogens is 3. The maximum absolute atomic E-state index is 17.8. The van der Waals surface area contributed by atoms with Crippen molar-refractivity contribution in [2.75, 3.05) is 13.1 Å². The molecule has 188 valence electrons. The van der Waals surface area contributed by atoms with E-state index < -0.39 is 32.6 Å². The zero-order valence-corrected chi connectivity index (χ0v) is 25.4. The Bertz CT molecular complexity index is 1210. The quantitative estimate of drug-likeness (QED) is 0.382. The Labute approximate surface area is 240 Å². The monoisotopic (exact) mass is 526 g/mol. The second-order valence-electron chi connectivity index (χ2n) is 14.1. The van der Waals surface area contributed by atoms with Crippen molar-refractivity contribution >= 4 is 104 Å². The van der Waals surface area contributed by atoms with E-state index in [2.05, 4.69) is 38.8 Å². The highest BCUT2D eigenvalue weighted by Crippen LogP contribution is 2.58. The summed E-state index contributed by atoms with van der Waals surface area (Å²) in [5.41, 5.74) is -0.448. The number of nitrogens with zero attached hydrogens (tertiary/aromatic N) is 3. The molecule has 1 N–H and O–H groups in total. The van der Waals surface area contributed by atoms with Crippen LogP contribution in [0.1, 0.15) is 21.7 Å². The van der Waals surface area contributed by atoms with E-state index in [9.17, 15) is 9.18 Å². The molecule has 2 aromatic rings. The lowest BCUT2D eigenvalue weighted by Crippen LogP contribution is -2.79. The maximum Gasteiger partial charge on any atom is 0.253 e. The van der Waals surface area contributed by atoms with Gasteiger partial charge in [0.05, 0.1) is 28.6 Å². The first-order valence-electron chi connectivity index (χ1n) is 13.1. The van der Waals surface area contributed by atoms with Crippen LogP contribution in [0.2, 0.25) is 15.5 Å². The molecule has 1 saturated heterocycles. The molecule has 0 bridgehead atoms. The Kier molecular flexibility index (Phi) is 8.11. The van der Waals surface area contributed by atoms with Gasteiger partial charge in [0.15, 0.2) is 0 Å². The molecule has 0 aliphatic carbocycles. The molecule has 19 heteroatoms. The smallest absolute Gasteiger partial charge is 0.253 e. The normalized spacial score (nSPS) is 19.1. The predicted octanol–water partition coefficient (Wildman–Crippen LogP) is -8.21. The van der Waals surface area contributed by atoms with Gasteiger partial charge < -0.3 is 10.2 Å². The average Bonchev–Trinajstić information content (AvgIpc) is 2.76. The molecular formula is C19H32B11ClF2N4O. The molecular weight excluding hydrogens is 493 g/mol. The fourth-order valence-corrected chi connectivity index (χ4v) is 6.93. The highest BCUT2D eigenvalue weighted by atomic mass is 35.5. The summed E-state index contributed by atoms with van der Waals surface area (Å²) >= 11 is 5.93. The summed E-state index contributed by atoms with van der Waals surface area (Å²) in [6.07, 6.45) is 3.67. The third-order valence-corrected chi connectivity index (χ3v) is 8.34. The first kappa shape index (κ1) is 31.1. The molecule has 0 spiro atoms. The number of likely N-dealkylation sites (tertiary alicyclic amines) is 1. The van der Waals surface area contributed by atoms with Crippen LogP contribution in [-0.2, 0) is 10.5 Å². The predicted molar refractivity (Wildman–Crippen MR) is 182 cm³/mol. The fraction of sp³-hybridized carbons (Fsp3) is 0.421. The Hall–Kier alpha value is -1.41. The molecule has 0 atom stereocenters. The van der Waals surface area contributed by atoms with Gasteiger partial charge in [-0.1, -0.05) is 16.7 Å².